The van der Waals surface area contributed by atoms with Crippen molar-refractivity contribution in [3.8, 4) is 0 Å². The molecule has 5 heteroatoms. The molecule has 1 unspecified atom stereocenters. The minimum atomic E-state index is 0.199. The largest absolute Gasteiger partial charge is 0.347 e. The van der Waals surface area contributed by atoms with Gasteiger partial charge in [-0.3, -0.25) is 9.69 Å². The van der Waals surface area contributed by atoms with Crippen LogP contribution in [0.25, 0.3) is 10.9 Å². The van der Waals surface area contributed by atoms with Crippen molar-refractivity contribution in [3.63, 3.8) is 0 Å². The SMILES string of the molecule is CN1CCCC(Cn2ccc3cc(C(=O)N4CCN(C5CCCC5)CC4)ccc32)C1. The van der Waals surface area contributed by atoms with Crippen LogP contribution >= 0.6 is 0 Å². The standard InChI is InChI=1S/C25H36N4O/c1-26-11-4-5-20(18-26)19-29-12-10-21-17-22(8-9-24(21)29)25(30)28-15-13-27(14-16-28)23-6-2-3-7-23/h8-10,12,17,20,23H,2-7,11,13-16,18-19H2,1H3. The van der Waals surface area contributed by atoms with Crippen LogP contribution in [0.2, 0.25) is 0 Å². The van der Waals surface area contributed by atoms with E-state index in [-0.39, 0.29) is 5.91 Å². The Morgan fingerprint density at radius 1 is 0.967 bits per heavy atom. The highest BCUT2D eigenvalue weighted by Crippen LogP contribution is 2.26. The Labute approximate surface area is 180 Å². The number of piperazine rings is 1. The fourth-order valence-corrected chi connectivity index (χ4v) is 5.93. The first kappa shape index (κ1) is 20.1. The average Bonchev–Trinajstić information content (AvgIpc) is 3.44. The molecule has 162 valence electrons. The summed E-state index contributed by atoms with van der Waals surface area (Å²) in [7, 11) is 2.23. The van der Waals surface area contributed by atoms with Crippen molar-refractivity contribution in [3.05, 3.63) is 36.0 Å². The highest BCUT2D eigenvalue weighted by molar-refractivity contribution is 5.98. The molecule has 1 atom stereocenters. The van der Waals surface area contributed by atoms with Crippen molar-refractivity contribution in [2.45, 2.75) is 51.1 Å². The zero-order valence-corrected chi connectivity index (χ0v) is 18.4. The summed E-state index contributed by atoms with van der Waals surface area (Å²) in [6.07, 6.45) is 10.3. The van der Waals surface area contributed by atoms with Gasteiger partial charge < -0.3 is 14.4 Å². The Morgan fingerprint density at radius 3 is 2.53 bits per heavy atom. The van der Waals surface area contributed by atoms with Gasteiger partial charge in [-0.05, 0) is 69.5 Å². The molecule has 3 heterocycles. The molecule has 0 radical (unpaired) electrons. The molecule has 0 spiro atoms. The van der Waals surface area contributed by atoms with E-state index in [9.17, 15) is 4.79 Å². The van der Waals surface area contributed by atoms with Crippen LogP contribution in [0.15, 0.2) is 30.5 Å². The van der Waals surface area contributed by atoms with E-state index in [0.29, 0.717) is 0 Å². The summed E-state index contributed by atoms with van der Waals surface area (Å²) in [4.78, 5) is 20.2. The van der Waals surface area contributed by atoms with Crippen LogP contribution in [0.3, 0.4) is 0 Å². The molecule has 5 rings (SSSR count). The molecular weight excluding hydrogens is 372 g/mol. The first-order chi connectivity index (χ1) is 14.7. The second-order valence-electron chi connectivity index (χ2n) is 9.78. The molecule has 3 aliphatic rings. The lowest BCUT2D eigenvalue weighted by atomic mass is 9.98. The average molecular weight is 409 g/mol. The lowest BCUT2D eigenvalue weighted by Gasteiger charge is -2.38. The molecule has 2 aromatic rings. The number of carbonyl (C=O) groups is 1. The zero-order valence-electron chi connectivity index (χ0n) is 18.4. The van der Waals surface area contributed by atoms with E-state index < -0.39 is 0 Å². The van der Waals surface area contributed by atoms with Gasteiger partial charge in [0.15, 0.2) is 0 Å². The van der Waals surface area contributed by atoms with Gasteiger partial charge >= 0.3 is 0 Å². The molecule has 0 bridgehead atoms. The summed E-state index contributed by atoms with van der Waals surface area (Å²) in [6, 6.07) is 9.24. The highest BCUT2D eigenvalue weighted by atomic mass is 16.2. The molecule has 30 heavy (non-hydrogen) atoms. The van der Waals surface area contributed by atoms with Gasteiger partial charge in [-0.2, -0.15) is 0 Å². The normalized spacial score (nSPS) is 24.7. The molecule has 2 saturated heterocycles. The Bertz CT molecular complexity index is 876. The van der Waals surface area contributed by atoms with Crippen molar-refractivity contribution in [1.82, 2.24) is 19.3 Å². The smallest absolute Gasteiger partial charge is 0.253 e. The van der Waals surface area contributed by atoms with Crippen LogP contribution in [0.5, 0.6) is 0 Å². The van der Waals surface area contributed by atoms with Crippen LogP contribution < -0.4 is 0 Å². The molecule has 0 N–H and O–H groups in total. The predicted octanol–water partition coefficient (Wildman–Crippen LogP) is 3.68. The van der Waals surface area contributed by atoms with Crippen molar-refractivity contribution in [1.29, 1.82) is 0 Å². The van der Waals surface area contributed by atoms with E-state index in [4.69, 9.17) is 0 Å². The molecule has 1 aromatic carbocycles. The van der Waals surface area contributed by atoms with Gasteiger partial charge in [0.05, 0.1) is 0 Å². The molecule has 2 aliphatic heterocycles. The Balaban J connectivity index is 1.23. The van der Waals surface area contributed by atoms with Gasteiger partial charge in [-0.1, -0.05) is 12.8 Å². The van der Waals surface area contributed by atoms with Crippen LogP contribution in [-0.4, -0.2) is 77.5 Å². The number of rotatable bonds is 4. The zero-order chi connectivity index (χ0) is 20.5. The van der Waals surface area contributed by atoms with E-state index in [2.05, 4.69) is 50.7 Å². The maximum Gasteiger partial charge on any atom is 0.253 e. The maximum atomic E-state index is 13.1. The van der Waals surface area contributed by atoms with Crippen LogP contribution in [0.4, 0.5) is 0 Å². The lowest BCUT2D eigenvalue weighted by molar-refractivity contribution is 0.0573. The molecule has 5 nitrogen and oxygen atoms in total. The van der Waals surface area contributed by atoms with Crippen LogP contribution in [-0.2, 0) is 6.54 Å². The monoisotopic (exact) mass is 408 g/mol. The van der Waals surface area contributed by atoms with Gasteiger partial charge in [0.2, 0.25) is 0 Å². The van der Waals surface area contributed by atoms with Crippen molar-refractivity contribution < 1.29 is 4.79 Å². The van der Waals surface area contributed by atoms with Crippen LogP contribution in [0, 0.1) is 5.92 Å². The summed E-state index contributed by atoms with van der Waals surface area (Å²) in [5.41, 5.74) is 2.10. The second kappa shape index (κ2) is 8.72. The maximum absolute atomic E-state index is 13.1. The minimum absolute atomic E-state index is 0.199. The molecule has 1 aromatic heterocycles. The molecule has 3 fully saturated rings. The topological polar surface area (TPSA) is 31.7 Å². The van der Waals surface area contributed by atoms with Crippen LogP contribution in [0.1, 0.15) is 48.9 Å². The summed E-state index contributed by atoms with van der Waals surface area (Å²) in [5.74, 6) is 0.918. The Morgan fingerprint density at radius 2 is 1.77 bits per heavy atom. The Hall–Kier alpha value is -1.85. The number of benzene rings is 1. The third-order valence-electron chi connectivity index (χ3n) is 7.64. The molecule has 1 saturated carbocycles. The van der Waals surface area contributed by atoms with Gasteiger partial charge in [0.25, 0.3) is 5.91 Å². The predicted molar refractivity (Wildman–Crippen MR) is 122 cm³/mol. The number of likely N-dealkylation sites (tertiary alicyclic amines) is 1. The van der Waals surface area contributed by atoms with E-state index >= 15 is 0 Å². The summed E-state index contributed by atoms with van der Waals surface area (Å²) in [5, 5.41) is 1.19. The third kappa shape index (κ3) is 4.15. The molecular formula is C25H36N4O. The number of fused-ring (bicyclic) bond motifs is 1. The van der Waals surface area contributed by atoms with Crippen molar-refractivity contribution in [2.75, 3.05) is 46.3 Å². The summed E-state index contributed by atoms with van der Waals surface area (Å²) in [6.45, 7) is 7.28. The van der Waals surface area contributed by atoms with Gasteiger partial charge in [-0.15, -0.1) is 0 Å². The molecule has 1 amide bonds. The number of nitrogens with zero attached hydrogens (tertiary/aromatic N) is 4. The number of aromatic nitrogens is 1. The number of piperidine rings is 1. The third-order valence-corrected chi connectivity index (χ3v) is 7.64. The molecule has 1 aliphatic carbocycles. The first-order valence-electron chi connectivity index (χ1n) is 12.0. The summed E-state index contributed by atoms with van der Waals surface area (Å²) < 4.78 is 2.38. The van der Waals surface area contributed by atoms with Gasteiger partial charge in [-0.25, -0.2) is 0 Å². The fraction of sp³-hybridized carbons (Fsp3) is 0.640. The summed E-state index contributed by atoms with van der Waals surface area (Å²) >= 11 is 0. The van der Waals surface area contributed by atoms with Gasteiger partial charge in [0.1, 0.15) is 0 Å². The van der Waals surface area contributed by atoms with E-state index in [1.807, 2.05) is 6.07 Å². The van der Waals surface area contributed by atoms with E-state index in [0.717, 1.165) is 50.2 Å². The number of amides is 1. The van der Waals surface area contributed by atoms with E-state index in [1.54, 1.807) is 0 Å². The number of hydrogen-bond acceptors (Lipinski definition) is 3. The fourth-order valence-electron chi connectivity index (χ4n) is 5.93. The van der Waals surface area contributed by atoms with Crippen molar-refractivity contribution >= 4 is 16.8 Å². The van der Waals surface area contributed by atoms with Crippen molar-refractivity contribution in [2.24, 2.45) is 5.92 Å². The quantitative estimate of drug-likeness (QED) is 0.773. The Kier molecular flexibility index (Phi) is 5.83. The number of hydrogen-bond donors (Lipinski definition) is 0. The minimum Gasteiger partial charge on any atom is -0.347 e. The first-order valence-corrected chi connectivity index (χ1v) is 12.0. The van der Waals surface area contributed by atoms with Gasteiger partial charge in [0, 0.05) is 68.0 Å². The lowest BCUT2D eigenvalue weighted by Crippen LogP contribution is -2.51. The van der Waals surface area contributed by atoms with E-state index in [1.165, 1.54) is 62.5 Å². The second-order valence-corrected chi connectivity index (χ2v) is 9.78. The number of carbonyl (C=O) groups excluding carboxylic acids is 1. The highest BCUT2D eigenvalue weighted by Gasteiger charge is 2.28.